The molecule has 1 fully saturated rings. The lowest BCUT2D eigenvalue weighted by atomic mass is 9.89. The van der Waals surface area contributed by atoms with Gasteiger partial charge in [-0.3, -0.25) is 0 Å². The van der Waals surface area contributed by atoms with Crippen molar-refractivity contribution in [2.24, 2.45) is 5.92 Å². The van der Waals surface area contributed by atoms with Crippen LogP contribution in [0.4, 0.5) is 0 Å². The second-order valence-electron chi connectivity index (χ2n) is 7.04. The first-order valence-electron chi connectivity index (χ1n) is 9.67. The van der Waals surface area contributed by atoms with Crippen molar-refractivity contribution in [3.63, 3.8) is 0 Å². The molecule has 2 aromatic rings. The highest BCUT2D eigenvalue weighted by Gasteiger charge is 2.10. The van der Waals surface area contributed by atoms with E-state index in [0.29, 0.717) is 19.1 Å². The van der Waals surface area contributed by atoms with E-state index in [9.17, 15) is 0 Å². The SMILES string of the molecule is COc1ccc(COCC(=C=CC2CCCCC2)c2ccc(I)cc2)cc1. The molecule has 1 saturated carbocycles. The van der Waals surface area contributed by atoms with Crippen molar-refractivity contribution in [2.45, 2.75) is 38.7 Å². The summed E-state index contributed by atoms with van der Waals surface area (Å²) in [6.45, 7) is 1.15. The normalized spacial score (nSPS) is 14.4. The summed E-state index contributed by atoms with van der Waals surface area (Å²) in [4.78, 5) is 0. The van der Waals surface area contributed by atoms with Gasteiger partial charge in [0.25, 0.3) is 0 Å². The minimum Gasteiger partial charge on any atom is -0.497 e. The van der Waals surface area contributed by atoms with Crippen molar-refractivity contribution in [1.82, 2.24) is 0 Å². The Morgan fingerprint density at radius 1 is 1.04 bits per heavy atom. The van der Waals surface area contributed by atoms with Crippen molar-refractivity contribution in [3.8, 4) is 5.75 Å². The third-order valence-electron chi connectivity index (χ3n) is 5.01. The predicted molar refractivity (Wildman–Crippen MR) is 120 cm³/mol. The lowest BCUT2D eigenvalue weighted by Gasteiger charge is -2.17. The molecule has 0 spiro atoms. The number of hydrogen-bond acceptors (Lipinski definition) is 2. The second kappa shape index (κ2) is 10.7. The van der Waals surface area contributed by atoms with Gasteiger partial charge in [-0.25, -0.2) is 0 Å². The van der Waals surface area contributed by atoms with Gasteiger partial charge in [0.2, 0.25) is 0 Å². The molecule has 3 heteroatoms. The van der Waals surface area contributed by atoms with Crippen LogP contribution < -0.4 is 4.74 Å². The summed E-state index contributed by atoms with van der Waals surface area (Å²) in [7, 11) is 1.68. The number of ether oxygens (including phenoxy) is 2. The van der Waals surface area contributed by atoms with Gasteiger partial charge in [-0.15, -0.1) is 5.73 Å². The average Bonchev–Trinajstić information content (AvgIpc) is 2.72. The van der Waals surface area contributed by atoms with Crippen LogP contribution in [0.2, 0.25) is 0 Å². The van der Waals surface area contributed by atoms with Crippen LogP contribution in [0.5, 0.6) is 5.75 Å². The van der Waals surface area contributed by atoms with Gasteiger partial charge in [0.1, 0.15) is 5.75 Å². The van der Waals surface area contributed by atoms with Crippen LogP contribution in [0.25, 0.3) is 5.57 Å². The first-order chi connectivity index (χ1) is 13.2. The molecule has 0 atom stereocenters. The Morgan fingerprint density at radius 3 is 2.41 bits per heavy atom. The fraction of sp³-hybridized carbons (Fsp3) is 0.375. The van der Waals surface area contributed by atoms with Gasteiger partial charge in [-0.05, 0) is 82.8 Å². The number of halogens is 1. The molecule has 0 saturated heterocycles. The molecule has 0 aromatic heterocycles. The maximum atomic E-state index is 6.02. The maximum absolute atomic E-state index is 6.02. The Hall–Kier alpha value is -1.55. The zero-order valence-corrected chi connectivity index (χ0v) is 18.1. The Bertz CT molecular complexity index is 765. The van der Waals surface area contributed by atoms with E-state index in [2.05, 4.69) is 58.7 Å². The second-order valence-corrected chi connectivity index (χ2v) is 8.28. The highest BCUT2D eigenvalue weighted by atomic mass is 127. The van der Waals surface area contributed by atoms with Gasteiger partial charge in [0.15, 0.2) is 0 Å². The molecule has 0 amide bonds. The first-order valence-corrected chi connectivity index (χ1v) is 10.7. The quantitative estimate of drug-likeness (QED) is 0.331. The van der Waals surface area contributed by atoms with E-state index in [1.165, 1.54) is 41.2 Å². The zero-order chi connectivity index (χ0) is 18.9. The lowest BCUT2D eigenvalue weighted by Crippen LogP contribution is -2.02. The number of benzene rings is 2. The van der Waals surface area contributed by atoms with Crippen LogP contribution in [0, 0.1) is 9.49 Å². The molecule has 0 heterocycles. The number of methoxy groups -OCH3 is 1. The molecule has 1 aliphatic carbocycles. The maximum Gasteiger partial charge on any atom is 0.118 e. The van der Waals surface area contributed by atoms with Gasteiger partial charge in [0, 0.05) is 9.14 Å². The van der Waals surface area contributed by atoms with Gasteiger partial charge in [-0.1, -0.05) is 43.5 Å². The fourth-order valence-corrected chi connectivity index (χ4v) is 3.73. The van der Waals surface area contributed by atoms with Gasteiger partial charge < -0.3 is 9.47 Å². The molecule has 27 heavy (non-hydrogen) atoms. The minimum absolute atomic E-state index is 0.565. The summed E-state index contributed by atoms with van der Waals surface area (Å²) >= 11 is 2.34. The molecule has 0 aliphatic heterocycles. The smallest absolute Gasteiger partial charge is 0.118 e. The Labute approximate surface area is 176 Å². The van der Waals surface area contributed by atoms with Crippen molar-refractivity contribution in [3.05, 3.63) is 75.0 Å². The molecule has 0 unspecified atom stereocenters. The van der Waals surface area contributed by atoms with E-state index in [1.807, 2.05) is 24.3 Å². The van der Waals surface area contributed by atoms with Gasteiger partial charge in [0.05, 0.1) is 20.3 Å². The molecule has 0 bridgehead atoms. The van der Waals surface area contributed by atoms with E-state index in [1.54, 1.807) is 7.11 Å². The topological polar surface area (TPSA) is 18.5 Å². The summed E-state index contributed by atoms with van der Waals surface area (Å²) in [6.07, 6.45) is 8.93. The first kappa shape index (κ1) is 20.2. The molecule has 2 nitrogen and oxygen atoms in total. The van der Waals surface area contributed by atoms with Crippen LogP contribution in [-0.4, -0.2) is 13.7 Å². The zero-order valence-electron chi connectivity index (χ0n) is 15.9. The van der Waals surface area contributed by atoms with Crippen molar-refractivity contribution in [1.29, 1.82) is 0 Å². The molecular weight excluding hydrogens is 447 g/mol. The Balaban J connectivity index is 1.68. The monoisotopic (exact) mass is 474 g/mol. The molecule has 0 N–H and O–H groups in total. The van der Waals surface area contributed by atoms with Crippen LogP contribution in [0.1, 0.15) is 43.2 Å². The lowest BCUT2D eigenvalue weighted by molar-refractivity contribution is 0.153. The van der Waals surface area contributed by atoms with Gasteiger partial charge >= 0.3 is 0 Å². The van der Waals surface area contributed by atoms with E-state index < -0.39 is 0 Å². The molecule has 1 aliphatic rings. The third kappa shape index (κ3) is 6.53. The number of hydrogen-bond donors (Lipinski definition) is 0. The van der Waals surface area contributed by atoms with Crippen molar-refractivity contribution >= 4 is 28.2 Å². The molecule has 3 rings (SSSR count). The van der Waals surface area contributed by atoms with Gasteiger partial charge in [-0.2, -0.15) is 0 Å². The summed E-state index contributed by atoms with van der Waals surface area (Å²) in [5, 5.41) is 0. The van der Waals surface area contributed by atoms with Crippen LogP contribution >= 0.6 is 22.6 Å². The van der Waals surface area contributed by atoms with E-state index in [0.717, 1.165) is 16.9 Å². The molecule has 142 valence electrons. The van der Waals surface area contributed by atoms with E-state index in [4.69, 9.17) is 9.47 Å². The molecule has 0 radical (unpaired) electrons. The Kier molecular flexibility index (Phi) is 8.00. The predicted octanol–water partition coefficient (Wildman–Crippen LogP) is 6.64. The van der Waals surface area contributed by atoms with Crippen LogP contribution in [0.3, 0.4) is 0 Å². The van der Waals surface area contributed by atoms with E-state index >= 15 is 0 Å². The van der Waals surface area contributed by atoms with Crippen LogP contribution in [0.15, 0.2) is 60.3 Å². The summed E-state index contributed by atoms with van der Waals surface area (Å²) < 4.78 is 12.5. The largest absolute Gasteiger partial charge is 0.497 e. The van der Waals surface area contributed by atoms with Crippen molar-refractivity contribution in [2.75, 3.05) is 13.7 Å². The molecular formula is C24H27IO2. The minimum atomic E-state index is 0.565. The fourth-order valence-electron chi connectivity index (χ4n) is 3.37. The molecule has 2 aromatic carbocycles. The Morgan fingerprint density at radius 2 is 1.74 bits per heavy atom. The summed E-state index contributed by atoms with van der Waals surface area (Å²) in [6, 6.07) is 16.6. The third-order valence-corrected chi connectivity index (χ3v) is 5.73. The van der Waals surface area contributed by atoms with E-state index in [-0.39, 0.29) is 0 Å². The summed E-state index contributed by atoms with van der Waals surface area (Å²) in [5.74, 6) is 1.54. The standard InChI is InChI=1S/C24H27IO2/c1-26-24-15-8-20(9-16-24)17-27-18-22(21-11-13-23(25)14-12-21)10-7-19-5-3-2-4-6-19/h7-9,11-16,19H,2-6,17-18H2,1H3. The summed E-state index contributed by atoms with van der Waals surface area (Å²) in [5.41, 5.74) is 7.04. The number of rotatable bonds is 7. The van der Waals surface area contributed by atoms with Crippen LogP contribution in [-0.2, 0) is 11.3 Å². The highest BCUT2D eigenvalue weighted by Crippen LogP contribution is 2.25. The average molecular weight is 474 g/mol. The van der Waals surface area contributed by atoms with Crippen molar-refractivity contribution < 1.29 is 9.47 Å². The highest BCUT2D eigenvalue weighted by molar-refractivity contribution is 14.1.